The summed E-state index contributed by atoms with van der Waals surface area (Å²) in [4.78, 5) is 0. The van der Waals surface area contributed by atoms with Crippen molar-refractivity contribution in [1.29, 1.82) is 0 Å². The molecule has 0 amide bonds. The second-order valence-corrected chi connectivity index (χ2v) is 6.06. The van der Waals surface area contributed by atoms with Crippen LogP contribution in [-0.4, -0.2) is 18.3 Å². The quantitative estimate of drug-likeness (QED) is 0.766. The van der Waals surface area contributed by atoms with Crippen LogP contribution in [0.2, 0.25) is 0 Å². The summed E-state index contributed by atoms with van der Waals surface area (Å²) in [6, 6.07) is 16.1. The Morgan fingerprint density at radius 2 is 1.83 bits per heavy atom. The first-order chi connectivity index (χ1) is 11.2. The molecule has 0 radical (unpaired) electrons. The molecule has 23 heavy (non-hydrogen) atoms. The van der Waals surface area contributed by atoms with Gasteiger partial charge in [-0.25, -0.2) is 0 Å². The molecule has 0 bridgehead atoms. The molecule has 0 aliphatic rings. The van der Waals surface area contributed by atoms with Crippen molar-refractivity contribution >= 4 is 0 Å². The van der Waals surface area contributed by atoms with E-state index in [4.69, 9.17) is 10.5 Å². The van der Waals surface area contributed by atoms with Gasteiger partial charge in [0.15, 0.2) is 0 Å². The lowest BCUT2D eigenvalue weighted by Crippen LogP contribution is -2.21. The lowest BCUT2D eigenvalue weighted by Gasteiger charge is -2.22. The molecule has 0 saturated carbocycles. The maximum atomic E-state index is 9.39. The van der Waals surface area contributed by atoms with E-state index in [0.717, 1.165) is 24.3 Å². The minimum atomic E-state index is 0.154. The number of aliphatic hydroxyl groups is 1. The molecular weight excluding hydrogens is 286 g/mol. The predicted molar refractivity (Wildman–Crippen MR) is 95.0 cm³/mol. The highest BCUT2D eigenvalue weighted by Crippen LogP contribution is 2.32. The molecule has 0 aliphatic heterocycles. The van der Waals surface area contributed by atoms with Gasteiger partial charge in [0.1, 0.15) is 11.5 Å². The van der Waals surface area contributed by atoms with Gasteiger partial charge in [-0.3, -0.25) is 0 Å². The van der Waals surface area contributed by atoms with Crippen LogP contribution in [0.4, 0.5) is 0 Å². The molecular formula is C20H27NO2. The van der Waals surface area contributed by atoms with Crippen LogP contribution >= 0.6 is 0 Å². The maximum absolute atomic E-state index is 9.39. The molecule has 124 valence electrons. The summed E-state index contributed by atoms with van der Waals surface area (Å²) in [5, 5.41) is 9.39. The molecule has 2 aromatic carbocycles. The van der Waals surface area contributed by atoms with Crippen LogP contribution in [0.1, 0.15) is 36.8 Å². The summed E-state index contributed by atoms with van der Waals surface area (Å²) in [5.41, 5.74) is 8.27. The average Bonchev–Trinajstić information content (AvgIpc) is 2.58. The van der Waals surface area contributed by atoms with Crippen LogP contribution < -0.4 is 10.5 Å². The number of para-hydroxylation sites is 1. The van der Waals surface area contributed by atoms with E-state index in [1.165, 1.54) is 11.1 Å². The van der Waals surface area contributed by atoms with Crippen LogP contribution in [0.25, 0.3) is 0 Å². The van der Waals surface area contributed by atoms with Gasteiger partial charge in [-0.1, -0.05) is 31.2 Å². The fraction of sp³-hybridized carbons (Fsp3) is 0.400. The van der Waals surface area contributed by atoms with Crippen molar-refractivity contribution in [1.82, 2.24) is 0 Å². The molecule has 0 saturated heterocycles. The molecule has 2 rings (SSSR count). The van der Waals surface area contributed by atoms with Crippen molar-refractivity contribution < 1.29 is 9.84 Å². The Hall–Kier alpha value is -1.84. The zero-order chi connectivity index (χ0) is 16.7. The molecule has 0 spiro atoms. The van der Waals surface area contributed by atoms with Gasteiger partial charge in [0, 0.05) is 6.61 Å². The minimum absolute atomic E-state index is 0.154. The van der Waals surface area contributed by atoms with E-state index < -0.39 is 0 Å². The number of benzene rings is 2. The molecule has 3 nitrogen and oxygen atoms in total. The van der Waals surface area contributed by atoms with Crippen molar-refractivity contribution in [2.75, 3.05) is 13.2 Å². The van der Waals surface area contributed by atoms with Gasteiger partial charge in [0.05, 0.1) is 0 Å². The van der Waals surface area contributed by atoms with Crippen molar-refractivity contribution in [2.24, 2.45) is 11.7 Å². The second kappa shape index (κ2) is 8.70. The maximum Gasteiger partial charge on any atom is 0.127 e. The van der Waals surface area contributed by atoms with Gasteiger partial charge >= 0.3 is 0 Å². The van der Waals surface area contributed by atoms with Gasteiger partial charge in [-0.15, -0.1) is 0 Å². The Labute approximate surface area is 139 Å². The van der Waals surface area contributed by atoms with Crippen molar-refractivity contribution in [3.05, 3.63) is 59.7 Å². The largest absolute Gasteiger partial charge is 0.457 e. The fourth-order valence-corrected chi connectivity index (χ4v) is 2.96. The molecule has 0 aliphatic carbocycles. The highest BCUT2D eigenvalue weighted by molar-refractivity contribution is 5.39. The number of ether oxygens (including phenoxy) is 1. The summed E-state index contributed by atoms with van der Waals surface area (Å²) in [5.74, 6) is 2.28. The van der Waals surface area contributed by atoms with Gasteiger partial charge < -0.3 is 15.6 Å². The van der Waals surface area contributed by atoms with Crippen molar-refractivity contribution in [2.45, 2.75) is 32.6 Å². The monoisotopic (exact) mass is 313 g/mol. The van der Waals surface area contributed by atoms with Gasteiger partial charge in [0.25, 0.3) is 0 Å². The molecule has 2 aromatic rings. The summed E-state index contributed by atoms with van der Waals surface area (Å²) < 4.78 is 5.89. The molecule has 3 heteroatoms. The van der Waals surface area contributed by atoms with Gasteiger partial charge in [-0.2, -0.15) is 0 Å². The fourth-order valence-electron chi connectivity index (χ4n) is 2.96. The summed E-state index contributed by atoms with van der Waals surface area (Å²) in [6.07, 6.45) is 1.96. The Kier molecular flexibility index (Phi) is 6.63. The summed E-state index contributed by atoms with van der Waals surface area (Å²) >= 11 is 0. The van der Waals surface area contributed by atoms with Crippen LogP contribution in [0.3, 0.4) is 0 Å². The standard InChI is InChI=1S/C20H27NO2/c1-3-17(12-16(13-21)14-22)20-10-9-19(11-15(20)2)23-18-7-5-4-6-8-18/h4-11,16-17,22H,3,12-14,21H2,1-2H3. The van der Waals surface area contributed by atoms with E-state index >= 15 is 0 Å². The third-order valence-electron chi connectivity index (χ3n) is 4.36. The Morgan fingerprint density at radius 3 is 2.39 bits per heavy atom. The molecule has 0 heterocycles. The molecule has 3 N–H and O–H groups in total. The van der Waals surface area contributed by atoms with Crippen LogP contribution in [0.15, 0.2) is 48.5 Å². The molecule has 0 fully saturated rings. The SMILES string of the molecule is CCC(CC(CN)CO)c1ccc(Oc2ccccc2)cc1C. The summed E-state index contributed by atoms with van der Waals surface area (Å²) in [6.45, 7) is 4.98. The number of rotatable bonds is 8. The first kappa shape index (κ1) is 17.5. The highest BCUT2D eigenvalue weighted by Gasteiger charge is 2.17. The lowest BCUT2D eigenvalue weighted by molar-refractivity contribution is 0.214. The van der Waals surface area contributed by atoms with E-state index in [-0.39, 0.29) is 12.5 Å². The number of nitrogens with two attached hydrogens (primary N) is 1. The van der Waals surface area contributed by atoms with E-state index in [1.54, 1.807) is 0 Å². The topological polar surface area (TPSA) is 55.5 Å². The van der Waals surface area contributed by atoms with Crippen LogP contribution in [-0.2, 0) is 0 Å². The Morgan fingerprint density at radius 1 is 1.09 bits per heavy atom. The average molecular weight is 313 g/mol. The Bertz CT molecular complexity index is 594. The number of aryl methyl sites for hydroxylation is 1. The highest BCUT2D eigenvalue weighted by atomic mass is 16.5. The summed E-state index contributed by atoms with van der Waals surface area (Å²) in [7, 11) is 0. The van der Waals surface area contributed by atoms with Crippen molar-refractivity contribution in [3.63, 3.8) is 0 Å². The second-order valence-electron chi connectivity index (χ2n) is 6.06. The van der Waals surface area contributed by atoms with Gasteiger partial charge in [0.2, 0.25) is 0 Å². The number of aliphatic hydroxyl groups excluding tert-OH is 1. The zero-order valence-electron chi connectivity index (χ0n) is 14.0. The van der Waals surface area contributed by atoms with Crippen LogP contribution in [0.5, 0.6) is 11.5 Å². The van der Waals surface area contributed by atoms with Crippen LogP contribution in [0, 0.1) is 12.8 Å². The Balaban J connectivity index is 2.14. The third kappa shape index (κ3) is 4.81. The van der Waals surface area contributed by atoms with E-state index in [1.807, 2.05) is 36.4 Å². The molecule has 2 unspecified atom stereocenters. The minimum Gasteiger partial charge on any atom is -0.457 e. The van der Waals surface area contributed by atoms with E-state index in [9.17, 15) is 5.11 Å². The smallest absolute Gasteiger partial charge is 0.127 e. The first-order valence-electron chi connectivity index (χ1n) is 8.32. The number of hydrogen-bond donors (Lipinski definition) is 2. The van der Waals surface area contributed by atoms with E-state index in [0.29, 0.717) is 12.5 Å². The predicted octanol–water partition coefficient (Wildman–Crippen LogP) is 4.24. The van der Waals surface area contributed by atoms with Crippen molar-refractivity contribution in [3.8, 4) is 11.5 Å². The lowest BCUT2D eigenvalue weighted by atomic mass is 9.85. The van der Waals surface area contributed by atoms with Gasteiger partial charge in [-0.05, 0) is 73.5 Å². The molecule has 0 aromatic heterocycles. The normalized spacial score (nSPS) is 13.6. The van der Waals surface area contributed by atoms with E-state index in [2.05, 4.69) is 26.0 Å². The molecule has 2 atom stereocenters. The zero-order valence-corrected chi connectivity index (χ0v) is 14.0. The number of hydrogen-bond acceptors (Lipinski definition) is 3. The first-order valence-corrected chi connectivity index (χ1v) is 8.32. The third-order valence-corrected chi connectivity index (χ3v) is 4.36.